The number of thioether (sulfide) groups is 1. The zero-order chi connectivity index (χ0) is 14.0. The Morgan fingerprint density at radius 1 is 1.53 bits per heavy atom. The van der Waals surface area contributed by atoms with Crippen LogP contribution in [0.4, 0.5) is 10.1 Å². The summed E-state index contributed by atoms with van der Waals surface area (Å²) in [5.41, 5.74) is 2.26. The number of carbonyl (C=O) groups is 1. The quantitative estimate of drug-likeness (QED) is 0.795. The first-order valence-electron chi connectivity index (χ1n) is 5.78. The summed E-state index contributed by atoms with van der Waals surface area (Å²) in [6.07, 6.45) is 0.768. The van der Waals surface area contributed by atoms with E-state index in [1.165, 1.54) is 11.8 Å². The molecule has 19 heavy (non-hydrogen) atoms. The largest absolute Gasteiger partial charge is 0.377 e. The summed E-state index contributed by atoms with van der Waals surface area (Å²) in [7, 11) is 3.73. The molecule has 1 unspecified atom stereocenters. The van der Waals surface area contributed by atoms with Crippen molar-refractivity contribution in [1.29, 1.82) is 5.26 Å². The molecular formula is C14H13FN2OS. The minimum atomic E-state index is -0.361. The number of carbonyl (C=O) groups excluding carboxylic acids is 1. The number of nitrogens with zero attached hydrogens (tertiary/aromatic N) is 2. The predicted molar refractivity (Wildman–Crippen MR) is 74.6 cm³/mol. The van der Waals surface area contributed by atoms with Crippen LogP contribution in [0.3, 0.4) is 0 Å². The zero-order valence-electron chi connectivity index (χ0n) is 10.7. The molecule has 0 aromatic heterocycles. The van der Waals surface area contributed by atoms with E-state index in [4.69, 9.17) is 5.26 Å². The van der Waals surface area contributed by atoms with Gasteiger partial charge in [-0.3, -0.25) is 4.79 Å². The van der Waals surface area contributed by atoms with Crippen molar-refractivity contribution < 1.29 is 9.18 Å². The molecule has 0 radical (unpaired) electrons. The fourth-order valence-electron chi connectivity index (χ4n) is 2.03. The summed E-state index contributed by atoms with van der Waals surface area (Å²) in [4.78, 5) is 12.7. The lowest BCUT2D eigenvalue weighted by atomic mass is 10.0. The van der Waals surface area contributed by atoms with E-state index in [0.717, 1.165) is 11.3 Å². The molecule has 1 aromatic carbocycles. The lowest BCUT2D eigenvalue weighted by Gasteiger charge is -2.16. The number of rotatable bonds is 3. The SMILES string of the molecule is CN(C)c1ccc(C2CC(F)=C(C=O)S2)cc1C#N. The van der Waals surface area contributed by atoms with Crippen LogP contribution in [0.25, 0.3) is 0 Å². The Hall–Kier alpha value is -1.80. The van der Waals surface area contributed by atoms with Crippen LogP contribution in [0.5, 0.6) is 0 Å². The van der Waals surface area contributed by atoms with E-state index in [2.05, 4.69) is 6.07 Å². The van der Waals surface area contributed by atoms with Gasteiger partial charge in [0.05, 0.1) is 16.2 Å². The van der Waals surface area contributed by atoms with Crippen molar-refractivity contribution in [3.63, 3.8) is 0 Å². The lowest BCUT2D eigenvalue weighted by molar-refractivity contribution is -0.104. The Morgan fingerprint density at radius 2 is 2.26 bits per heavy atom. The second-order valence-corrected chi connectivity index (χ2v) is 5.72. The molecule has 0 N–H and O–H groups in total. The Balaban J connectivity index is 2.30. The van der Waals surface area contributed by atoms with Crippen molar-refractivity contribution in [3.05, 3.63) is 40.1 Å². The van der Waals surface area contributed by atoms with E-state index in [1.807, 2.05) is 31.1 Å². The maximum atomic E-state index is 13.5. The fourth-order valence-corrected chi connectivity index (χ4v) is 3.12. The Labute approximate surface area is 115 Å². The maximum Gasteiger partial charge on any atom is 0.159 e. The van der Waals surface area contributed by atoms with Crippen LogP contribution in [0.2, 0.25) is 0 Å². The van der Waals surface area contributed by atoms with E-state index in [9.17, 15) is 9.18 Å². The molecule has 5 heteroatoms. The van der Waals surface area contributed by atoms with Crippen LogP contribution in [-0.2, 0) is 4.79 Å². The second kappa shape index (κ2) is 5.45. The van der Waals surface area contributed by atoms with Gasteiger partial charge in [0.2, 0.25) is 0 Å². The maximum absolute atomic E-state index is 13.5. The monoisotopic (exact) mass is 276 g/mol. The molecule has 98 valence electrons. The normalized spacial score (nSPS) is 18.3. The fraction of sp³-hybridized carbons (Fsp3) is 0.286. The Kier molecular flexibility index (Phi) is 3.91. The summed E-state index contributed by atoms with van der Waals surface area (Å²) in [5, 5.41) is 9.04. The second-order valence-electron chi connectivity index (χ2n) is 4.48. The predicted octanol–water partition coefficient (Wildman–Crippen LogP) is 3.18. The van der Waals surface area contributed by atoms with Crippen LogP contribution in [0.15, 0.2) is 28.9 Å². The lowest BCUT2D eigenvalue weighted by Crippen LogP contribution is -2.10. The molecule has 0 amide bonds. The highest BCUT2D eigenvalue weighted by atomic mass is 32.2. The van der Waals surface area contributed by atoms with E-state index in [0.29, 0.717) is 11.8 Å². The van der Waals surface area contributed by atoms with Crippen molar-refractivity contribution in [1.82, 2.24) is 0 Å². The number of nitriles is 1. The number of aldehydes is 1. The number of allylic oxidation sites excluding steroid dienone is 2. The van der Waals surface area contributed by atoms with Crippen molar-refractivity contribution in [3.8, 4) is 6.07 Å². The van der Waals surface area contributed by atoms with E-state index >= 15 is 0 Å². The van der Waals surface area contributed by atoms with Gasteiger partial charge < -0.3 is 4.90 Å². The van der Waals surface area contributed by atoms with E-state index < -0.39 is 0 Å². The average molecular weight is 276 g/mol. The van der Waals surface area contributed by atoms with Crippen LogP contribution in [-0.4, -0.2) is 20.4 Å². The molecule has 1 aliphatic heterocycles. The Morgan fingerprint density at radius 3 is 2.79 bits per heavy atom. The minimum absolute atomic E-state index is 0.122. The third-order valence-corrected chi connectivity index (χ3v) is 4.30. The first kappa shape index (κ1) is 13.6. The van der Waals surface area contributed by atoms with Crippen molar-refractivity contribution in [2.45, 2.75) is 11.7 Å². The third kappa shape index (κ3) is 2.64. The molecule has 0 bridgehead atoms. The van der Waals surface area contributed by atoms with Crippen LogP contribution in [0, 0.1) is 11.3 Å². The molecule has 1 aliphatic rings. The molecule has 0 saturated heterocycles. The first-order chi connectivity index (χ1) is 9.06. The molecule has 0 fully saturated rings. The van der Waals surface area contributed by atoms with Crippen molar-refractivity contribution >= 4 is 23.7 Å². The number of halogens is 1. The van der Waals surface area contributed by atoms with E-state index in [1.54, 1.807) is 6.07 Å². The van der Waals surface area contributed by atoms with Gasteiger partial charge in [-0.1, -0.05) is 6.07 Å². The van der Waals surface area contributed by atoms with Gasteiger partial charge in [0.25, 0.3) is 0 Å². The van der Waals surface area contributed by atoms with Gasteiger partial charge in [0.1, 0.15) is 11.9 Å². The highest BCUT2D eigenvalue weighted by Gasteiger charge is 2.27. The van der Waals surface area contributed by atoms with Crippen LogP contribution >= 0.6 is 11.8 Å². The molecule has 1 heterocycles. The van der Waals surface area contributed by atoms with Gasteiger partial charge >= 0.3 is 0 Å². The standard InChI is InChI=1S/C14H13FN2OS/c1-17(2)12-4-3-9(5-10(12)7-16)13-6-11(15)14(8-18)19-13/h3-5,8,13H,6H2,1-2H3. The average Bonchev–Trinajstić information content (AvgIpc) is 2.79. The van der Waals surface area contributed by atoms with Crippen molar-refractivity contribution in [2.75, 3.05) is 19.0 Å². The number of anilines is 1. The van der Waals surface area contributed by atoms with Gasteiger partial charge in [-0.15, -0.1) is 11.8 Å². The Bertz CT molecular complexity index is 590. The minimum Gasteiger partial charge on any atom is -0.377 e. The van der Waals surface area contributed by atoms with Crippen LogP contribution in [0.1, 0.15) is 22.8 Å². The number of benzene rings is 1. The molecule has 0 saturated carbocycles. The summed E-state index contributed by atoms with van der Waals surface area (Å²) in [6, 6.07) is 7.66. The van der Waals surface area contributed by atoms with Crippen molar-refractivity contribution in [2.24, 2.45) is 0 Å². The van der Waals surface area contributed by atoms with Gasteiger partial charge in [0.15, 0.2) is 6.29 Å². The molecule has 1 atom stereocenters. The molecule has 0 spiro atoms. The van der Waals surface area contributed by atoms with Gasteiger partial charge in [-0.05, 0) is 17.7 Å². The topological polar surface area (TPSA) is 44.1 Å². The number of hydrogen-bond donors (Lipinski definition) is 0. The molecule has 2 rings (SSSR count). The first-order valence-corrected chi connectivity index (χ1v) is 6.66. The highest BCUT2D eigenvalue weighted by molar-refractivity contribution is 8.04. The smallest absolute Gasteiger partial charge is 0.159 e. The summed E-state index contributed by atoms with van der Waals surface area (Å²) in [5.74, 6) is -0.361. The zero-order valence-corrected chi connectivity index (χ0v) is 11.5. The summed E-state index contributed by atoms with van der Waals surface area (Å²) >= 11 is 1.22. The molecule has 3 nitrogen and oxygen atoms in total. The van der Waals surface area contributed by atoms with Gasteiger partial charge in [-0.2, -0.15) is 5.26 Å². The van der Waals surface area contributed by atoms with E-state index in [-0.39, 0.29) is 22.4 Å². The third-order valence-electron chi connectivity index (χ3n) is 3.00. The van der Waals surface area contributed by atoms with Crippen LogP contribution < -0.4 is 4.90 Å². The highest BCUT2D eigenvalue weighted by Crippen LogP contribution is 2.47. The summed E-state index contributed by atoms with van der Waals surface area (Å²) < 4.78 is 13.5. The molecular weight excluding hydrogens is 263 g/mol. The number of hydrogen-bond acceptors (Lipinski definition) is 4. The molecule has 1 aromatic rings. The summed E-state index contributed by atoms with van der Waals surface area (Å²) in [6.45, 7) is 0. The van der Waals surface area contributed by atoms with Gasteiger partial charge in [0, 0.05) is 25.8 Å². The van der Waals surface area contributed by atoms with Gasteiger partial charge in [-0.25, -0.2) is 4.39 Å². The molecule has 0 aliphatic carbocycles.